The van der Waals surface area contributed by atoms with Crippen LogP contribution in [0.15, 0.2) is 47.3 Å². The number of carbonyl (C=O) groups is 1. The smallest absolute Gasteiger partial charge is 0.335 e. The summed E-state index contributed by atoms with van der Waals surface area (Å²) in [6.07, 6.45) is 0.413. The molecule has 0 saturated carbocycles. The third-order valence-corrected chi connectivity index (χ3v) is 3.55. The molecule has 0 unspecified atom stereocenters. The van der Waals surface area contributed by atoms with E-state index in [1.54, 1.807) is 13.2 Å². The Kier molecular flexibility index (Phi) is 3.80. The molecule has 0 saturated heterocycles. The lowest BCUT2D eigenvalue weighted by molar-refractivity contribution is 0.0697. The summed E-state index contributed by atoms with van der Waals surface area (Å²) < 4.78 is 5.29. The number of aromatic nitrogens is 2. The van der Waals surface area contributed by atoms with Crippen molar-refractivity contribution in [3.63, 3.8) is 0 Å². The monoisotopic (exact) mass is 310 g/mol. The van der Waals surface area contributed by atoms with E-state index in [9.17, 15) is 9.59 Å². The van der Waals surface area contributed by atoms with Gasteiger partial charge >= 0.3 is 5.97 Å². The molecular weight excluding hydrogens is 296 g/mol. The minimum Gasteiger partial charge on any atom is -0.496 e. The summed E-state index contributed by atoms with van der Waals surface area (Å²) in [5.41, 5.74) is 1.06. The van der Waals surface area contributed by atoms with E-state index in [-0.39, 0.29) is 16.5 Å². The zero-order valence-electron chi connectivity index (χ0n) is 12.4. The summed E-state index contributed by atoms with van der Waals surface area (Å²) >= 11 is 0. The first-order valence-corrected chi connectivity index (χ1v) is 6.96. The summed E-state index contributed by atoms with van der Waals surface area (Å²) in [6.45, 7) is 0. The van der Waals surface area contributed by atoms with Crippen LogP contribution in [0, 0.1) is 0 Å². The summed E-state index contributed by atoms with van der Waals surface area (Å²) in [5, 5.41) is 9.25. The fourth-order valence-electron chi connectivity index (χ4n) is 2.43. The highest BCUT2D eigenvalue weighted by Crippen LogP contribution is 2.20. The maximum absolute atomic E-state index is 12.2. The van der Waals surface area contributed by atoms with Gasteiger partial charge in [0.2, 0.25) is 0 Å². The van der Waals surface area contributed by atoms with Gasteiger partial charge in [-0.3, -0.25) is 4.79 Å². The number of hydrogen-bond donors (Lipinski definition) is 2. The van der Waals surface area contributed by atoms with Crippen molar-refractivity contribution in [2.45, 2.75) is 6.42 Å². The van der Waals surface area contributed by atoms with E-state index in [4.69, 9.17) is 9.84 Å². The number of fused-ring (bicyclic) bond motifs is 1. The molecule has 0 aliphatic carbocycles. The number of benzene rings is 2. The zero-order chi connectivity index (χ0) is 16.4. The highest BCUT2D eigenvalue weighted by atomic mass is 16.5. The van der Waals surface area contributed by atoms with Gasteiger partial charge in [-0.25, -0.2) is 9.78 Å². The third-order valence-electron chi connectivity index (χ3n) is 3.55. The van der Waals surface area contributed by atoms with Crippen LogP contribution in [0.25, 0.3) is 10.9 Å². The number of methoxy groups -OCH3 is 1. The molecule has 0 fully saturated rings. The van der Waals surface area contributed by atoms with Crippen molar-refractivity contribution >= 4 is 16.9 Å². The van der Waals surface area contributed by atoms with Crippen LogP contribution in [0.1, 0.15) is 21.7 Å². The van der Waals surface area contributed by atoms with Crippen LogP contribution < -0.4 is 10.3 Å². The molecule has 6 nitrogen and oxygen atoms in total. The zero-order valence-corrected chi connectivity index (χ0v) is 12.4. The predicted molar refractivity (Wildman–Crippen MR) is 85.1 cm³/mol. The summed E-state index contributed by atoms with van der Waals surface area (Å²) in [7, 11) is 1.59. The van der Waals surface area contributed by atoms with E-state index in [1.165, 1.54) is 12.1 Å². The van der Waals surface area contributed by atoms with Gasteiger partial charge in [-0.05, 0) is 24.3 Å². The molecule has 0 amide bonds. The van der Waals surface area contributed by atoms with Crippen molar-refractivity contribution in [3.05, 3.63) is 69.8 Å². The van der Waals surface area contributed by atoms with Crippen LogP contribution in [0.4, 0.5) is 0 Å². The van der Waals surface area contributed by atoms with Crippen molar-refractivity contribution in [2.24, 2.45) is 0 Å². The van der Waals surface area contributed by atoms with Crippen LogP contribution in [-0.2, 0) is 6.42 Å². The molecular formula is C17H14N2O4. The molecule has 0 atom stereocenters. The molecule has 0 aliphatic rings. The molecule has 1 aromatic heterocycles. The standard InChI is InChI=1S/C17H14N2O4/c1-23-14-5-3-2-4-10(14)9-15-18-13-7-6-11(17(21)22)8-12(13)16(20)19-15/h2-8H,9H2,1H3,(H,21,22)(H,18,19,20). The number of para-hydroxylation sites is 1. The lowest BCUT2D eigenvalue weighted by atomic mass is 10.1. The van der Waals surface area contributed by atoms with Gasteiger partial charge in [-0.15, -0.1) is 0 Å². The van der Waals surface area contributed by atoms with E-state index in [2.05, 4.69) is 9.97 Å². The molecule has 23 heavy (non-hydrogen) atoms. The van der Waals surface area contributed by atoms with Crippen LogP contribution in [0.3, 0.4) is 0 Å². The molecule has 116 valence electrons. The SMILES string of the molecule is COc1ccccc1Cc1nc2ccc(C(=O)O)cc2c(=O)[nH]1. The van der Waals surface area contributed by atoms with Crippen molar-refractivity contribution in [3.8, 4) is 5.75 Å². The highest BCUT2D eigenvalue weighted by molar-refractivity contribution is 5.92. The van der Waals surface area contributed by atoms with E-state index < -0.39 is 5.97 Å². The van der Waals surface area contributed by atoms with Gasteiger partial charge in [0, 0.05) is 12.0 Å². The van der Waals surface area contributed by atoms with Gasteiger partial charge in [0.15, 0.2) is 0 Å². The van der Waals surface area contributed by atoms with Crippen LogP contribution in [0.2, 0.25) is 0 Å². The minimum atomic E-state index is -1.08. The van der Waals surface area contributed by atoms with Gasteiger partial charge < -0.3 is 14.8 Å². The van der Waals surface area contributed by atoms with Crippen molar-refractivity contribution in [1.82, 2.24) is 9.97 Å². The lowest BCUT2D eigenvalue weighted by Gasteiger charge is -2.08. The second kappa shape index (κ2) is 5.92. The number of aromatic amines is 1. The molecule has 0 spiro atoms. The normalized spacial score (nSPS) is 10.7. The Morgan fingerprint density at radius 2 is 2.04 bits per heavy atom. The molecule has 6 heteroatoms. The number of aromatic carboxylic acids is 1. The molecule has 0 aliphatic heterocycles. The highest BCUT2D eigenvalue weighted by Gasteiger charge is 2.10. The maximum atomic E-state index is 12.2. The van der Waals surface area contributed by atoms with Gasteiger partial charge in [0.05, 0.1) is 23.6 Å². The number of carboxylic acid groups (broad SMARTS) is 1. The predicted octanol–water partition coefficient (Wildman–Crippen LogP) is 2.22. The Balaban J connectivity index is 2.05. The van der Waals surface area contributed by atoms with E-state index >= 15 is 0 Å². The second-order valence-corrected chi connectivity index (χ2v) is 5.04. The van der Waals surface area contributed by atoms with Crippen molar-refractivity contribution in [2.75, 3.05) is 7.11 Å². The lowest BCUT2D eigenvalue weighted by Crippen LogP contribution is -2.13. The third kappa shape index (κ3) is 2.91. The molecule has 1 heterocycles. The first-order valence-electron chi connectivity index (χ1n) is 6.96. The number of ether oxygens (including phenoxy) is 1. The molecule has 3 aromatic rings. The average molecular weight is 310 g/mol. The van der Waals surface area contributed by atoms with Crippen molar-refractivity contribution < 1.29 is 14.6 Å². The number of carboxylic acids is 1. The number of rotatable bonds is 4. The summed E-state index contributed by atoms with van der Waals surface area (Å²) in [6, 6.07) is 11.8. The van der Waals surface area contributed by atoms with Gasteiger partial charge in [0.25, 0.3) is 5.56 Å². The molecule has 0 bridgehead atoms. The quantitative estimate of drug-likeness (QED) is 0.771. The van der Waals surface area contributed by atoms with Gasteiger partial charge in [-0.1, -0.05) is 18.2 Å². The van der Waals surface area contributed by atoms with Crippen LogP contribution >= 0.6 is 0 Å². The minimum absolute atomic E-state index is 0.0577. The Bertz CT molecular complexity index is 947. The summed E-state index contributed by atoms with van der Waals surface area (Å²) in [5.74, 6) is 0.135. The van der Waals surface area contributed by atoms with Crippen molar-refractivity contribution in [1.29, 1.82) is 0 Å². The maximum Gasteiger partial charge on any atom is 0.335 e. The summed E-state index contributed by atoms with van der Waals surface area (Å²) in [4.78, 5) is 30.3. The Morgan fingerprint density at radius 1 is 1.26 bits per heavy atom. The molecule has 3 rings (SSSR count). The second-order valence-electron chi connectivity index (χ2n) is 5.04. The largest absolute Gasteiger partial charge is 0.496 e. The van der Waals surface area contributed by atoms with Crippen LogP contribution in [-0.4, -0.2) is 28.2 Å². The first-order chi connectivity index (χ1) is 11.1. The Labute approximate surface area is 131 Å². The van der Waals surface area contributed by atoms with E-state index in [0.29, 0.717) is 17.8 Å². The topological polar surface area (TPSA) is 92.3 Å². The van der Waals surface area contributed by atoms with Crippen LogP contribution in [0.5, 0.6) is 5.75 Å². The Morgan fingerprint density at radius 3 is 2.78 bits per heavy atom. The number of H-pyrrole nitrogens is 1. The van der Waals surface area contributed by atoms with E-state index in [1.807, 2.05) is 24.3 Å². The molecule has 2 aromatic carbocycles. The first kappa shape index (κ1) is 14.8. The molecule has 2 N–H and O–H groups in total. The number of nitrogens with one attached hydrogen (secondary N) is 1. The Hall–Kier alpha value is -3.15. The van der Waals surface area contributed by atoms with E-state index in [0.717, 1.165) is 11.3 Å². The fraction of sp³-hybridized carbons (Fsp3) is 0.118. The molecule has 0 radical (unpaired) electrons. The number of hydrogen-bond acceptors (Lipinski definition) is 4. The average Bonchev–Trinajstić information content (AvgIpc) is 2.55. The van der Waals surface area contributed by atoms with Gasteiger partial charge in [0.1, 0.15) is 11.6 Å². The fourth-order valence-corrected chi connectivity index (χ4v) is 2.43. The van der Waals surface area contributed by atoms with Gasteiger partial charge in [-0.2, -0.15) is 0 Å². The number of nitrogens with zero attached hydrogens (tertiary/aromatic N) is 1.